The molecule has 0 aliphatic carbocycles. The Morgan fingerprint density at radius 2 is 2.09 bits per heavy atom. The normalized spacial score (nSPS) is 19.1. The van der Waals surface area contributed by atoms with Crippen LogP contribution in [0.25, 0.3) is 6.08 Å². The fourth-order valence-corrected chi connectivity index (χ4v) is 2.69. The maximum atomic E-state index is 13.8. The van der Waals surface area contributed by atoms with E-state index in [0.717, 1.165) is 11.0 Å². The first kappa shape index (κ1) is 16.5. The molecule has 0 N–H and O–H groups in total. The van der Waals surface area contributed by atoms with Gasteiger partial charge in [-0.2, -0.15) is 13.2 Å². The average Bonchev–Trinajstić information content (AvgIpc) is 2.47. The SMILES string of the molecule is C=Cc1cc(C)c(C(=O)N2CCCC(C(F)(F)F)C2)cc1F. The predicted octanol–water partition coefficient (Wildman–Crippen LogP) is 4.19. The molecule has 1 aliphatic rings. The summed E-state index contributed by atoms with van der Waals surface area (Å²) in [5.41, 5.74) is 0.891. The number of hydrogen-bond donors (Lipinski definition) is 0. The first-order valence-corrected chi connectivity index (χ1v) is 7.02. The molecule has 1 unspecified atom stereocenters. The number of carbonyl (C=O) groups excluding carboxylic acids is 1. The third kappa shape index (κ3) is 3.31. The Hall–Kier alpha value is -1.85. The second-order valence-corrected chi connectivity index (χ2v) is 5.52. The van der Waals surface area contributed by atoms with E-state index < -0.39 is 23.8 Å². The summed E-state index contributed by atoms with van der Waals surface area (Å²) in [5.74, 6) is -2.67. The lowest BCUT2D eigenvalue weighted by Crippen LogP contribution is -2.44. The monoisotopic (exact) mass is 315 g/mol. The zero-order valence-electron chi connectivity index (χ0n) is 12.2. The summed E-state index contributed by atoms with van der Waals surface area (Å²) >= 11 is 0. The van der Waals surface area contributed by atoms with Crippen molar-refractivity contribution in [3.63, 3.8) is 0 Å². The summed E-state index contributed by atoms with van der Waals surface area (Å²) < 4.78 is 52.2. The number of likely N-dealkylation sites (tertiary alicyclic amines) is 1. The molecular weight excluding hydrogens is 298 g/mol. The largest absolute Gasteiger partial charge is 0.393 e. The van der Waals surface area contributed by atoms with E-state index in [4.69, 9.17) is 0 Å². The Bertz CT molecular complexity index is 595. The minimum Gasteiger partial charge on any atom is -0.338 e. The molecule has 1 aromatic carbocycles. The van der Waals surface area contributed by atoms with E-state index in [-0.39, 0.29) is 30.6 Å². The molecule has 1 atom stereocenters. The molecule has 22 heavy (non-hydrogen) atoms. The lowest BCUT2D eigenvalue weighted by molar-refractivity contribution is -0.184. The van der Waals surface area contributed by atoms with Gasteiger partial charge >= 0.3 is 6.18 Å². The lowest BCUT2D eigenvalue weighted by atomic mass is 9.96. The highest BCUT2D eigenvalue weighted by Gasteiger charge is 2.42. The number of amides is 1. The topological polar surface area (TPSA) is 20.3 Å². The molecule has 120 valence electrons. The van der Waals surface area contributed by atoms with E-state index in [0.29, 0.717) is 12.0 Å². The Morgan fingerprint density at radius 1 is 1.41 bits per heavy atom. The maximum Gasteiger partial charge on any atom is 0.393 e. The number of aryl methyl sites for hydroxylation is 1. The van der Waals surface area contributed by atoms with Crippen molar-refractivity contribution >= 4 is 12.0 Å². The number of halogens is 4. The van der Waals surface area contributed by atoms with Crippen LogP contribution in [0.4, 0.5) is 17.6 Å². The van der Waals surface area contributed by atoms with Crippen molar-refractivity contribution in [3.8, 4) is 0 Å². The highest BCUT2D eigenvalue weighted by Crippen LogP contribution is 2.33. The van der Waals surface area contributed by atoms with Crippen molar-refractivity contribution in [2.45, 2.75) is 25.9 Å². The third-order valence-corrected chi connectivity index (χ3v) is 3.97. The molecule has 0 aromatic heterocycles. The smallest absolute Gasteiger partial charge is 0.338 e. The van der Waals surface area contributed by atoms with Gasteiger partial charge in [0.2, 0.25) is 0 Å². The van der Waals surface area contributed by atoms with Crippen LogP contribution in [-0.2, 0) is 0 Å². The second kappa shape index (κ2) is 6.10. The van der Waals surface area contributed by atoms with Gasteiger partial charge < -0.3 is 4.90 Å². The van der Waals surface area contributed by atoms with Crippen molar-refractivity contribution in [3.05, 3.63) is 41.2 Å². The fourth-order valence-electron chi connectivity index (χ4n) is 2.69. The van der Waals surface area contributed by atoms with Crippen molar-refractivity contribution in [2.24, 2.45) is 5.92 Å². The number of hydrogen-bond acceptors (Lipinski definition) is 1. The van der Waals surface area contributed by atoms with Crippen LogP contribution in [0, 0.1) is 18.7 Å². The summed E-state index contributed by atoms with van der Waals surface area (Å²) in [4.78, 5) is 13.6. The standard InChI is InChI=1S/C16H17F4NO/c1-3-11-7-10(2)13(8-14(11)17)15(22)21-6-4-5-12(9-21)16(18,19)20/h3,7-8,12H,1,4-6,9H2,2H3. The summed E-state index contributed by atoms with van der Waals surface area (Å²) in [6, 6.07) is 2.55. The maximum absolute atomic E-state index is 13.8. The molecule has 0 saturated carbocycles. The van der Waals surface area contributed by atoms with Crippen LogP contribution in [0.15, 0.2) is 18.7 Å². The molecule has 0 spiro atoms. The first-order chi connectivity index (χ1) is 10.2. The summed E-state index contributed by atoms with van der Waals surface area (Å²) in [6.45, 7) is 4.99. The lowest BCUT2D eigenvalue weighted by Gasteiger charge is -2.34. The number of rotatable bonds is 2. The van der Waals surface area contributed by atoms with Gasteiger partial charge in [0, 0.05) is 24.2 Å². The molecule has 1 saturated heterocycles. The molecule has 2 rings (SSSR count). The van der Waals surface area contributed by atoms with Gasteiger partial charge in [0.1, 0.15) is 5.82 Å². The van der Waals surface area contributed by atoms with Gasteiger partial charge in [-0.1, -0.05) is 12.7 Å². The van der Waals surface area contributed by atoms with Gasteiger partial charge in [0.05, 0.1) is 5.92 Å². The number of nitrogens with zero attached hydrogens (tertiary/aromatic N) is 1. The van der Waals surface area contributed by atoms with Gasteiger partial charge in [-0.05, 0) is 37.5 Å². The van der Waals surface area contributed by atoms with E-state index in [1.807, 2.05) is 0 Å². The van der Waals surface area contributed by atoms with Crippen LogP contribution in [0.2, 0.25) is 0 Å². The minimum absolute atomic E-state index is 0.0238. The molecule has 1 heterocycles. The van der Waals surface area contributed by atoms with Crippen LogP contribution in [0.3, 0.4) is 0 Å². The number of carbonyl (C=O) groups is 1. The molecule has 1 amide bonds. The molecule has 0 radical (unpaired) electrons. The molecule has 6 heteroatoms. The fraction of sp³-hybridized carbons (Fsp3) is 0.438. The van der Waals surface area contributed by atoms with E-state index in [2.05, 4.69) is 6.58 Å². The van der Waals surface area contributed by atoms with E-state index in [1.54, 1.807) is 6.92 Å². The Labute approximate surface area is 126 Å². The first-order valence-electron chi connectivity index (χ1n) is 7.02. The van der Waals surface area contributed by atoms with Crippen molar-refractivity contribution in [2.75, 3.05) is 13.1 Å². The van der Waals surface area contributed by atoms with Crippen molar-refractivity contribution in [1.82, 2.24) is 4.90 Å². The highest BCUT2D eigenvalue weighted by atomic mass is 19.4. The average molecular weight is 315 g/mol. The van der Waals surface area contributed by atoms with Gasteiger partial charge in [0.25, 0.3) is 5.91 Å². The van der Waals surface area contributed by atoms with Crippen LogP contribution in [-0.4, -0.2) is 30.1 Å². The Morgan fingerprint density at radius 3 is 2.68 bits per heavy atom. The predicted molar refractivity (Wildman–Crippen MR) is 75.9 cm³/mol. The van der Waals surface area contributed by atoms with Crippen molar-refractivity contribution in [1.29, 1.82) is 0 Å². The molecule has 0 bridgehead atoms. The molecule has 1 fully saturated rings. The van der Waals surface area contributed by atoms with Crippen LogP contribution < -0.4 is 0 Å². The van der Waals surface area contributed by atoms with Crippen molar-refractivity contribution < 1.29 is 22.4 Å². The van der Waals surface area contributed by atoms with Crippen LogP contribution >= 0.6 is 0 Å². The third-order valence-electron chi connectivity index (χ3n) is 3.97. The summed E-state index contributed by atoms with van der Waals surface area (Å²) in [7, 11) is 0. The van der Waals surface area contributed by atoms with Gasteiger partial charge in [-0.15, -0.1) is 0 Å². The van der Waals surface area contributed by atoms with Crippen LogP contribution in [0.5, 0.6) is 0 Å². The molecule has 1 aliphatic heterocycles. The Kier molecular flexibility index (Phi) is 4.58. The molecule has 2 nitrogen and oxygen atoms in total. The second-order valence-electron chi connectivity index (χ2n) is 5.52. The number of alkyl halides is 3. The zero-order chi connectivity index (χ0) is 16.5. The summed E-state index contributed by atoms with van der Waals surface area (Å²) in [5, 5.41) is 0. The van der Waals surface area contributed by atoms with Gasteiger partial charge in [0.15, 0.2) is 0 Å². The minimum atomic E-state index is -4.31. The quantitative estimate of drug-likeness (QED) is 0.749. The van der Waals surface area contributed by atoms with Gasteiger partial charge in [-0.25, -0.2) is 4.39 Å². The summed E-state index contributed by atoms with van der Waals surface area (Å²) in [6.07, 6.45) is -2.67. The van der Waals surface area contributed by atoms with Gasteiger partial charge in [-0.3, -0.25) is 4.79 Å². The number of benzene rings is 1. The molecular formula is C16H17F4NO. The number of piperidine rings is 1. The molecule has 1 aromatic rings. The van der Waals surface area contributed by atoms with E-state index in [1.165, 1.54) is 12.1 Å². The highest BCUT2D eigenvalue weighted by molar-refractivity contribution is 5.96. The van der Waals surface area contributed by atoms with E-state index in [9.17, 15) is 22.4 Å². The van der Waals surface area contributed by atoms with E-state index >= 15 is 0 Å². The Balaban J connectivity index is 2.25. The zero-order valence-corrected chi connectivity index (χ0v) is 12.2. The van der Waals surface area contributed by atoms with Crippen LogP contribution in [0.1, 0.15) is 34.3 Å².